The summed E-state index contributed by atoms with van der Waals surface area (Å²) in [5.74, 6) is 0. The van der Waals surface area contributed by atoms with Crippen LogP contribution in [0.1, 0.15) is 11.1 Å². The third-order valence-electron chi connectivity index (χ3n) is 3.92. The lowest BCUT2D eigenvalue weighted by molar-refractivity contribution is 0.258. The van der Waals surface area contributed by atoms with Gasteiger partial charge in [-0.15, -0.1) is 0 Å². The minimum absolute atomic E-state index is 0.207. The first-order valence-electron chi connectivity index (χ1n) is 7.32. The summed E-state index contributed by atoms with van der Waals surface area (Å²) >= 11 is 0. The Morgan fingerprint density at radius 2 is 2.05 bits per heavy atom. The lowest BCUT2D eigenvalue weighted by atomic mass is 10.0. The van der Waals surface area contributed by atoms with Crippen molar-refractivity contribution in [3.05, 3.63) is 47.8 Å². The van der Waals surface area contributed by atoms with E-state index in [-0.39, 0.29) is 4.90 Å². The first-order valence-corrected chi connectivity index (χ1v) is 8.80. The highest BCUT2D eigenvalue weighted by molar-refractivity contribution is 7.89. The quantitative estimate of drug-likeness (QED) is 0.883. The first kappa shape index (κ1) is 15.2. The van der Waals surface area contributed by atoms with Crippen molar-refractivity contribution >= 4 is 10.0 Å². The summed E-state index contributed by atoms with van der Waals surface area (Å²) in [4.78, 5) is 2.48. The van der Waals surface area contributed by atoms with Gasteiger partial charge in [-0.05, 0) is 17.5 Å². The molecular formula is C15H20N4O2S. The Kier molecular flexibility index (Phi) is 4.28. The lowest BCUT2D eigenvalue weighted by Gasteiger charge is -2.28. The summed E-state index contributed by atoms with van der Waals surface area (Å²) < 4.78 is 28.3. The van der Waals surface area contributed by atoms with Gasteiger partial charge in [-0.3, -0.25) is 9.58 Å². The van der Waals surface area contributed by atoms with Crippen LogP contribution >= 0.6 is 0 Å². The van der Waals surface area contributed by atoms with E-state index in [0.717, 1.165) is 19.5 Å². The number of fused-ring (bicyclic) bond motifs is 1. The summed E-state index contributed by atoms with van der Waals surface area (Å²) in [7, 11) is -1.76. The largest absolute Gasteiger partial charge is 0.297 e. The molecule has 118 valence electrons. The van der Waals surface area contributed by atoms with Crippen LogP contribution in [0.5, 0.6) is 0 Å². The number of aryl methyl sites for hydroxylation is 1. The Labute approximate surface area is 130 Å². The molecule has 22 heavy (non-hydrogen) atoms. The van der Waals surface area contributed by atoms with E-state index in [1.807, 2.05) is 6.07 Å². The van der Waals surface area contributed by atoms with Crippen molar-refractivity contribution in [2.75, 3.05) is 19.6 Å². The summed E-state index contributed by atoms with van der Waals surface area (Å²) in [5.41, 5.74) is 2.73. The molecule has 0 saturated carbocycles. The van der Waals surface area contributed by atoms with Gasteiger partial charge in [-0.25, -0.2) is 13.1 Å². The molecule has 2 aromatic rings. The summed E-state index contributed by atoms with van der Waals surface area (Å²) in [5, 5.41) is 3.89. The molecule has 1 aromatic carbocycles. The fraction of sp³-hybridized carbons (Fsp3) is 0.400. The molecule has 0 saturated heterocycles. The van der Waals surface area contributed by atoms with Crippen molar-refractivity contribution in [1.82, 2.24) is 19.4 Å². The predicted octanol–water partition coefficient (Wildman–Crippen LogP) is 0.757. The van der Waals surface area contributed by atoms with Gasteiger partial charge in [0.05, 0.1) is 6.20 Å². The van der Waals surface area contributed by atoms with Crippen LogP contribution in [0.25, 0.3) is 0 Å². The number of sulfonamides is 1. The predicted molar refractivity (Wildman–Crippen MR) is 83.8 cm³/mol. The van der Waals surface area contributed by atoms with E-state index in [2.05, 4.69) is 32.9 Å². The molecule has 1 aromatic heterocycles. The molecule has 6 nitrogen and oxygen atoms in total. The highest BCUT2D eigenvalue weighted by Crippen LogP contribution is 2.17. The average molecular weight is 320 g/mol. The standard InChI is InChI=1S/C15H20N4O2S/c1-18-12-15(10-16-18)22(20,21)17-7-9-19-8-6-13-4-2-3-5-14(13)11-19/h2-5,10,12,17H,6-9,11H2,1H3. The van der Waals surface area contributed by atoms with Crippen molar-refractivity contribution in [2.45, 2.75) is 17.9 Å². The van der Waals surface area contributed by atoms with E-state index in [0.29, 0.717) is 13.1 Å². The van der Waals surface area contributed by atoms with Crippen LogP contribution in [-0.4, -0.2) is 42.7 Å². The smallest absolute Gasteiger partial charge is 0.243 e. The zero-order chi connectivity index (χ0) is 15.6. The maximum absolute atomic E-state index is 12.1. The fourth-order valence-corrected chi connectivity index (χ4v) is 3.71. The van der Waals surface area contributed by atoms with Crippen molar-refractivity contribution in [3.8, 4) is 0 Å². The maximum Gasteiger partial charge on any atom is 0.243 e. The van der Waals surface area contributed by atoms with Crippen LogP contribution in [0, 0.1) is 0 Å². The highest BCUT2D eigenvalue weighted by Gasteiger charge is 2.18. The fourth-order valence-electron chi connectivity index (χ4n) is 2.70. The monoisotopic (exact) mass is 320 g/mol. The molecule has 0 bridgehead atoms. The molecule has 1 aliphatic heterocycles. The third kappa shape index (κ3) is 3.37. The number of benzene rings is 1. The molecule has 1 N–H and O–H groups in total. The number of hydrogen-bond donors (Lipinski definition) is 1. The first-order chi connectivity index (χ1) is 10.5. The number of rotatable bonds is 5. The van der Waals surface area contributed by atoms with Gasteiger partial charge in [0.2, 0.25) is 10.0 Å². The lowest BCUT2D eigenvalue weighted by Crippen LogP contribution is -2.37. The second kappa shape index (κ2) is 6.20. The second-order valence-electron chi connectivity index (χ2n) is 5.54. The van der Waals surface area contributed by atoms with Crippen molar-refractivity contribution in [1.29, 1.82) is 0 Å². The van der Waals surface area contributed by atoms with Crippen molar-refractivity contribution in [2.24, 2.45) is 7.05 Å². The Morgan fingerprint density at radius 1 is 1.27 bits per heavy atom. The topological polar surface area (TPSA) is 67.2 Å². The van der Waals surface area contributed by atoms with E-state index in [4.69, 9.17) is 0 Å². The van der Waals surface area contributed by atoms with E-state index >= 15 is 0 Å². The second-order valence-corrected chi connectivity index (χ2v) is 7.31. The maximum atomic E-state index is 12.1. The SMILES string of the molecule is Cn1cc(S(=O)(=O)NCCN2CCc3ccccc3C2)cn1. The van der Waals surface area contributed by atoms with Gasteiger partial charge in [0.15, 0.2) is 0 Å². The zero-order valence-electron chi connectivity index (χ0n) is 12.6. The van der Waals surface area contributed by atoms with Gasteiger partial charge in [0.1, 0.15) is 4.90 Å². The average Bonchev–Trinajstić information content (AvgIpc) is 2.94. The van der Waals surface area contributed by atoms with Gasteiger partial charge >= 0.3 is 0 Å². The number of nitrogens with zero attached hydrogens (tertiary/aromatic N) is 3. The molecule has 0 radical (unpaired) electrons. The highest BCUT2D eigenvalue weighted by atomic mass is 32.2. The molecule has 0 amide bonds. The van der Waals surface area contributed by atoms with Gasteiger partial charge in [-0.1, -0.05) is 24.3 Å². The minimum Gasteiger partial charge on any atom is -0.297 e. The zero-order valence-corrected chi connectivity index (χ0v) is 13.4. The summed E-state index contributed by atoms with van der Waals surface area (Å²) in [6.45, 7) is 2.95. The molecule has 7 heteroatoms. The summed E-state index contributed by atoms with van der Waals surface area (Å²) in [6, 6.07) is 8.42. The Hall–Kier alpha value is -1.70. The van der Waals surface area contributed by atoms with Crippen LogP contribution in [0.3, 0.4) is 0 Å². The molecule has 0 fully saturated rings. The van der Waals surface area contributed by atoms with Crippen molar-refractivity contribution in [3.63, 3.8) is 0 Å². The van der Waals surface area contributed by atoms with Crippen LogP contribution in [0.4, 0.5) is 0 Å². The van der Waals surface area contributed by atoms with Crippen molar-refractivity contribution < 1.29 is 8.42 Å². The molecule has 0 spiro atoms. The third-order valence-corrected chi connectivity index (χ3v) is 5.34. The number of hydrogen-bond acceptors (Lipinski definition) is 4. The van der Waals surface area contributed by atoms with E-state index in [9.17, 15) is 8.42 Å². The van der Waals surface area contributed by atoms with Crippen LogP contribution in [0.2, 0.25) is 0 Å². The molecule has 2 heterocycles. The Bertz CT molecular complexity index is 754. The van der Waals surface area contributed by atoms with Gasteiger partial charge in [0, 0.05) is 39.4 Å². The van der Waals surface area contributed by atoms with Gasteiger partial charge in [0.25, 0.3) is 0 Å². The van der Waals surface area contributed by atoms with E-state index in [1.54, 1.807) is 7.05 Å². The number of aromatic nitrogens is 2. The minimum atomic E-state index is -3.46. The Morgan fingerprint density at radius 3 is 2.77 bits per heavy atom. The normalized spacial score (nSPS) is 15.7. The van der Waals surface area contributed by atoms with Crippen LogP contribution in [-0.2, 0) is 30.0 Å². The molecule has 0 aliphatic carbocycles. The van der Waals surface area contributed by atoms with Gasteiger partial charge < -0.3 is 0 Å². The van der Waals surface area contributed by atoms with Crippen LogP contribution in [0.15, 0.2) is 41.6 Å². The summed E-state index contributed by atoms with van der Waals surface area (Å²) in [6.07, 6.45) is 3.88. The molecule has 0 unspecified atom stereocenters. The molecular weight excluding hydrogens is 300 g/mol. The van der Waals surface area contributed by atoms with E-state index in [1.165, 1.54) is 28.2 Å². The molecule has 3 rings (SSSR count). The molecule has 1 aliphatic rings. The van der Waals surface area contributed by atoms with Crippen LogP contribution < -0.4 is 4.72 Å². The van der Waals surface area contributed by atoms with E-state index < -0.39 is 10.0 Å². The van der Waals surface area contributed by atoms with Gasteiger partial charge in [-0.2, -0.15) is 5.10 Å². The number of nitrogens with one attached hydrogen (secondary N) is 1. The Balaban J connectivity index is 1.54. The molecule has 0 atom stereocenters.